The van der Waals surface area contributed by atoms with Crippen LogP contribution in [0.5, 0.6) is 5.75 Å². The Morgan fingerprint density at radius 2 is 1.87 bits per heavy atom. The fourth-order valence-electron chi connectivity index (χ4n) is 8.89. The Balaban J connectivity index is 1.37. The molecule has 47 heavy (non-hydrogen) atoms. The van der Waals surface area contributed by atoms with Crippen LogP contribution in [0.15, 0.2) is 30.6 Å². The van der Waals surface area contributed by atoms with Gasteiger partial charge in [-0.05, 0) is 74.9 Å². The molecule has 1 aromatic carbocycles. The van der Waals surface area contributed by atoms with Crippen LogP contribution in [-0.2, 0) is 33.8 Å². The molecule has 11 heteroatoms. The van der Waals surface area contributed by atoms with Crippen LogP contribution < -0.4 is 11.1 Å². The number of aliphatic hydroxyl groups is 1. The van der Waals surface area contributed by atoms with Crippen molar-refractivity contribution in [3.8, 4) is 5.75 Å². The zero-order valence-corrected chi connectivity index (χ0v) is 27.0. The van der Waals surface area contributed by atoms with Crippen LogP contribution in [0, 0.1) is 29.6 Å². The van der Waals surface area contributed by atoms with Crippen LogP contribution in [0.1, 0.15) is 88.8 Å². The molecule has 0 bridgehead atoms. The number of ketones is 3. The third kappa shape index (κ3) is 5.88. The van der Waals surface area contributed by atoms with Gasteiger partial charge in [0.15, 0.2) is 17.3 Å². The molecule has 6 rings (SSSR count). The predicted molar refractivity (Wildman–Crippen MR) is 171 cm³/mol. The first-order valence-corrected chi connectivity index (χ1v) is 16.8. The summed E-state index contributed by atoms with van der Waals surface area (Å²) in [5.41, 5.74) is 5.85. The zero-order valence-electron chi connectivity index (χ0n) is 27.0. The van der Waals surface area contributed by atoms with E-state index in [0.29, 0.717) is 35.4 Å². The second-order valence-corrected chi connectivity index (χ2v) is 14.3. The third-order valence-corrected chi connectivity index (χ3v) is 11.3. The molecule has 2 unspecified atom stereocenters. The summed E-state index contributed by atoms with van der Waals surface area (Å²) < 4.78 is 0. The number of fused-ring (bicyclic) bond motifs is 3. The molecular weight excluding hydrogens is 600 g/mol. The molecule has 250 valence electrons. The highest BCUT2D eigenvalue weighted by atomic mass is 16.3. The van der Waals surface area contributed by atoms with E-state index in [4.69, 9.17) is 5.73 Å². The number of phenolic OH excluding ortho intramolecular Hbond substituents is 1. The Hall–Kier alpha value is -3.96. The van der Waals surface area contributed by atoms with Crippen molar-refractivity contribution < 1.29 is 34.2 Å². The lowest BCUT2D eigenvalue weighted by atomic mass is 9.52. The molecule has 2 amide bonds. The average molecular weight is 645 g/mol. The molecule has 4 aliphatic rings. The second-order valence-electron chi connectivity index (χ2n) is 14.3. The Morgan fingerprint density at radius 3 is 2.53 bits per heavy atom. The number of nitrogens with zero attached hydrogens (tertiary/aromatic N) is 2. The monoisotopic (exact) mass is 644 g/mol. The van der Waals surface area contributed by atoms with E-state index in [1.165, 1.54) is 25.5 Å². The van der Waals surface area contributed by atoms with Crippen LogP contribution in [0.2, 0.25) is 0 Å². The van der Waals surface area contributed by atoms with Crippen molar-refractivity contribution in [1.82, 2.24) is 15.2 Å². The largest absolute Gasteiger partial charge is 0.507 e. The fourth-order valence-corrected chi connectivity index (χ4v) is 8.89. The highest BCUT2D eigenvalue weighted by Gasteiger charge is 2.64. The SMILES string of the molecule is CN(C)[C@@H]1C(=O)C(C(N)=O)C[C@@]2(O)C(=O)C3C(=O)c4c(O)c(CNC(=O)c5cccnc5)cc(CCC5CCCCC5)c4C[C@H]3C[C@@H]12. The van der Waals surface area contributed by atoms with Crippen molar-refractivity contribution in [2.45, 2.75) is 82.4 Å². The maximum absolute atomic E-state index is 14.4. The van der Waals surface area contributed by atoms with E-state index in [0.717, 1.165) is 24.8 Å². The molecular formula is C36H44N4O7. The van der Waals surface area contributed by atoms with Crippen LogP contribution >= 0.6 is 0 Å². The van der Waals surface area contributed by atoms with Gasteiger partial charge in [0.05, 0.1) is 23.1 Å². The summed E-state index contributed by atoms with van der Waals surface area (Å²) in [6, 6.07) is 4.23. The number of amides is 2. The quantitative estimate of drug-likeness (QED) is 0.314. The lowest BCUT2D eigenvalue weighted by molar-refractivity contribution is -0.176. The number of nitrogens with one attached hydrogen (secondary N) is 1. The van der Waals surface area contributed by atoms with Gasteiger partial charge in [0.1, 0.15) is 17.3 Å². The molecule has 3 saturated carbocycles. The number of hydrogen-bond donors (Lipinski definition) is 4. The lowest BCUT2D eigenvalue weighted by Crippen LogP contribution is -2.69. The summed E-state index contributed by atoms with van der Waals surface area (Å²) in [7, 11) is 3.33. The van der Waals surface area contributed by atoms with Gasteiger partial charge in [0.25, 0.3) is 5.91 Å². The first kappa shape index (κ1) is 33.0. The van der Waals surface area contributed by atoms with Crippen molar-refractivity contribution in [3.63, 3.8) is 0 Å². The third-order valence-electron chi connectivity index (χ3n) is 11.3. The van der Waals surface area contributed by atoms with E-state index >= 15 is 0 Å². The number of carbonyl (C=O) groups excluding carboxylic acids is 5. The summed E-state index contributed by atoms with van der Waals surface area (Å²) in [4.78, 5) is 72.8. The topological polar surface area (TPSA) is 180 Å². The smallest absolute Gasteiger partial charge is 0.253 e. The number of rotatable bonds is 8. The van der Waals surface area contributed by atoms with E-state index in [1.54, 1.807) is 37.3 Å². The zero-order chi connectivity index (χ0) is 33.6. The molecule has 1 heterocycles. The Kier molecular flexibility index (Phi) is 9.06. The molecule has 6 atom stereocenters. The highest BCUT2D eigenvalue weighted by molar-refractivity contribution is 6.17. The Bertz CT molecular complexity index is 1600. The summed E-state index contributed by atoms with van der Waals surface area (Å²) in [5, 5.41) is 26.4. The molecule has 0 saturated heterocycles. The Labute approximate surface area is 274 Å². The minimum Gasteiger partial charge on any atom is -0.507 e. The molecule has 0 radical (unpaired) electrons. The van der Waals surface area contributed by atoms with Crippen molar-refractivity contribution in [2.24, 2.45) is 35.3 Å². The molecule has 5 N–H and O–H groups in total. The molecule has 2 aromatic rings. The van der Waals surface area contributed by atoms with Crippen molar-refractivity contribution >= 4 is 29.2 Å². The number of aromatic hydroxyl groups is 1. The van der Waals surface area contributed by atoms with E-state index in [9.17, 15) is 34.2 Å². The van der Waals surface area contributed by atoms with Gasteiger partial charge in [0.2, 0.25) is 5.91 Å². The molecule has 1 aromatic heterocycles. The van der Waals surface area contributed by atoms with Crippen LogP contribution in [0.4, 0.5) is 0 Å². The molecule has 3 fully saturated rings. The van der Waals surface area contributed by atoms with Gasteiger partial charge in [-0.25, -0.2) is 0 Å². The van der Waals surface area contributed by atoms with E-state index in [-0.39, 0.29) is 30.2 Å². The number of benzene rings is 1. The number of aromatic nitrogens is 1. The lowest BCUT2D eigenvalue weighted by Gasteiger charge is -2.53. The highest BCUT2D eigenvalue weighted by Crippen LogP contribution is 2.52. The summed E-state index contributed by atoms with van der Waals surface area (Å²) in [6.45, 7) is -0.0441. The number of primary amides is 1. The minimum atomic E-state index is -2.11. The van der Waals surface area contributed by atoms with Crippen LogP contribution in [0.25, 0.3) is 0 Å². The summed E-state index contributed by atoms with van der Waals surface area (Å²) in [6.07, 6.45) is 10.6. The summed E-state index contributed by atoms with van der Waals surface area (Å²) in [5.74, 6) is -6.63. The fraction of sp³-hybridized carbons (Fsp3) is 0.556. The number of nitrogens with two attached hydrogens (primary N) is 1. The van der Waals surface area contributed by atoms with Crippen molar-refractivity contribution in [2.75, 3.05) is 14.1 Å². The van der Waals surface area contributed by atoms with Crippen molar-refractivity contribution in [1.29, 1.82) is 0 Å². The molecule has 0 spiro atoms. The Morgan fingerprint density at radius 1 is 1.13 bits per heavy atom. The van der Waals surface area contributed by atoms with E-state index in [2.05, 4.69) is 10.3 Å². The molecule has 11 nitrogen and oxygen atoms in total. The van der Waals surface area contributed by atoms with Crippen molar-refractivity contribution in [3.05, 3.63) is 58.4 Å². The van der Waals surface area contributed by atoms with Gasteiger partial charge in [-0.1, -0.05) is 38.2 Å². The van der Waals surface area contributed by atoms with Crippen LogP contribution in [0.3, 0.4) is 0 Å². The van der Waals surface area contributed by atoms with Crippen LogP contribution in [-0.4, -0.2) is 75.0 Å². The minimum absolute atomic E-state index is 0.0441. The van der Waals surface area contributed by atoms with Gasteiger partial charge in [-0.2, -0.15) is 0 Å². The maximum Gasteiger partial charge on any atom is 0.253 e. The first-order chi connectivity index (χ1) is 22.4. The standard InChI is InChI=1S/C36H44N4O7/c1-40(2)29-26-15-22-14-24-20(11-10-19-7-4-3-5-8-19)13-23(18-39-35(46)21-9-6-12-38-17-21)30(41)28(24)32(43)27(22)33(44)36(26,47)16-25(31(29)42)34(37)45/h6,9,12-13,17,19,22,25-27,29,41,47H,3-5,7-8,10-11,14-16,18H2,1-2H3,(H2,37,45)(H,39,46)/t22-,25?,26-,27?,29-,36-/m0/s1. The molecule has 0 aliphatic heterocycles. The number of Topliss-reactive ketones (excluding diaryl/α,β-unsaturated/α-hetero) is 3. The number of carbonyl (C=O) groups is 5. The van der Waals surface area contributed by atoms with Gasteiger partial charge in [-0.15, -0.1) is 0 Å². The maximum atomic E-state index is 14.4. The number of aryl methyl sites for hydroxylation is 1. The first-order valence-electron chi connectivity index (χ1n) is 16.8. The number of pyridine rings is 1. The van der Waals surface area contributed by atoms with Gasteiger partial charge in [0, 0.05) is 36.8 Å². The van der Waals surface area contributed by atoms with E-state index in [1.807, 2.05) is 6.07 Å². The molecule has 4 aliphatic carbocycles. The predicted octanol–water partition coefficient (Wildman–Crippen LogP) is 2.53. The normalized spacial score (nSPS) is 29.2. The van der Waals surface area contributed by atoms with Gasteiger partial charge < -0.3 is 21.3 Å². The number of hydrogen-bond acceptors (Lipinski definition) is 9. The second kappa shape index (κ2) is 12.9. The average Bonchev–Trinajstić information content (AvgIpc) is 3.05. The van der Waals surface area contributed by atoms with Gasteiger partial charge >= 0.3 is 0 Å². The number of phenols is 1. The number of likely N-dealkylation sites (N-methyl/N-ethyl adjacent to an activating group) is 1. The van der Waals surface area contributed by atoms with Gasteiger partial charge in [-0.3, -0.25) is 33.9 Å². The van der Waals surface area contributed by atoms with E-state index < -0.39 is 65.0 Å². The summed E-state index contributed by atoms with van der Waals surface area (Å²) >= 11 is 0.